The van der Waals surface area contributed by atoms with Crippen LogP contribution in [0.25, 0.3) is 10.2 Å². The van der Waals surface area contributed by atoms with Gasteiger partial charge in [0.15, 0.2) is 11.5 Å². The summed E-state index contributed by atoms with van der Waals surface area (Å²) in [7, 11) is 1.57. The van der Waals surface area contributed by atoms with E-state index in [-0.39, 0.29) is 5.56 Å². The Morgan fingerprint density at radius 2 is 2.20 bits per heavy atom. The van der Waals surface area contributed by atoms with Gasteiger partial charge in [-0.25, -0.2) is 4.98 Å². The highest BCUT2D eigenvalue weighted by molar-refractivity contribution is 7.16. The summed E-state index contributed by atoms with van der Waals surface area (Å²) in [6.45, 7) is 5.77. The number of hydrogen-bond acceptors (Lipinski definition) is 6. The van der Waals surface area contributed by atoms with E-state index in [4.69, 9.17) is 9.47 Å². The number of nitrogens with zero attached hydrogens (tertiary/aromatic N) is 3. The molecule has 0 fully saturated rings. The van der Waals surface area contributed by atoms with E-state index in [1.165, 1.54) is 16.0 Å². The molecule has 25 heavy (non-hydrogen) atoms. The Kier molecular flexibility index (Phi) is 4.95. The molecule has 1 aromatic carbocycles. The van der Waals surface area contributed by atoms with Crippen LogP contribution in [-0.4, -0.2) is 29.6 Å². The first kappa shape index (κ1) is 16.9. The summed E-state index contributed by atoms with van der Waals surface area (Å²) < 4.78 is 12.1. The highest BCUT2D eigenvalue weighted by atomic mass is 32.1. The monoisotopic (exact) mass is 355 g/mol. The second kappa shape index (κ2) is 7.31. The number of hydrogen-bond donors (Lipinski definition) is 0. The number of methoxy groups -OCH3 is 1. The summed E-state index contributed by atoms with van der Waals surface area (Å²) in [5.41, 5.74) is 0.595. The maximum Gasteiger partial charge on any atom is 0.282 e. The number of rotatable bonds is 6. The second-order valence-electron chi connectivity index (χ2n) is 5.17. The lowest BCUT2D eigenvalue weighted by Gasteiger charge is -2.09. The normalized spacial score (nSPS) is 11.1. The maximum atomic E-state index is 12.5. The first-order valence-corrected chi connectivity index (χ1v) is 8.45. The van der Waals surface area contributed by atoms with Gasteiger partial charge in [0.05, 0.1) is 18.7 Å². The molecule has 0 saturated carbocycles. The van der Waals surface area contributed by atoms with Crippen molar-refractivity contribution < 1.29 is 9.47 Å². The fourth-order valence-electron chi connectivity index (χ4n) is 2.30. The Morgan fingerprint density at radius 3 is 2.96 bits per heavy atom. The summed E-state index contributed by atoms with van der Waals surface area (Å²) >= 11 is 1.44. The molecule has 3 aromatic rings. The van der Waals surface area contributed by atoms with Crippen molar-refractivity contribution in [1.82, 2.24) is 9.66 Å². The molecule has 128 valence electrons. The van der Waals surface area contributed by atoms with E-state index in [9.17, 15) is 4.79 Å². The first-order chi connectivity index (χ1) is 12.1. The lowest BCUT2D eigenvalue weighted by atomic mass is 10.2. The molecule has 0 atom stereocenters. The topological polar surface area (TPSA) is 65.7 Å². The van der Waals surface area contributed by atoms with E-state index in [1.807, 2.05) is 11.4 Å². The molecule has 2 aromatic heterocycles. The molecular weight excluding hydrogens is 338 g/mol. The molecule has 0 bridgehead atoms. The summed E-state index contributed by atoms with van der Waals surface area (Å²) in [4.78, 5) is 17.6. The largest absolute Gasteiger partial charge is 0.493 e. The van der Waals surface area contributed by atoms with Crippen molar-refractivity contribution in [2.24, 2.45) is 5.10 Å². The zero-order chi connectivity index (χ0) is 17.8. The van der Waals surface area contributed by atoms with E-state index in [0.717, 1.165) is 10.4 Å². The average Bonchev–Trinajstić information content (AvgIpc) is 3.08. The Hall–Kier alpha value is -2.93. The molecule has 2 heterocycles. The molecule has 0 aliphatic rings. The van der Waals surface area contributed by atoms with Gasteiger partial charge in [-0.15, -0.1) is 11.3 Å². The average molecular weight is 355 g/mol. The van der Waals surface area contributed by atoms with Gasteiger partial charge in [0.25, 0.3) is 5.56 Å². The number of benzene rings is 1. The zero-order valence-corrected chi connectivity index (χ0v) is 14.7. The number of ether oxygens (including phenoxy) is 2. The summed E-state index contributed by atoms with van der Waals surface area (Å²) in [5, 5.41) is 6.70. The number of thiophene rings is 1. The summed E-state index contributed by atoms with van der Waals surface area (Å²) in [6.07, 6.45) is 3.26. The van der Waals surface area contributed by atoms with Crippen molar-refractivity contribution in [2.75, 3.05) is 13.7 Å². The van der Waals surface area contributed by atoms with Gasteiger partial charge in [-0.2, -0.15) is 9.78 Å². The fraction of sp³-hybridized carbons (Fsp3) is 0.167. The number of aryl methyl sites for hydroxylation is 1. The van der Waals surface area contributed by atoms with Crippen molar-refractivity contribution in [3.8, 4) is 11.5 Å². The SMILES string of the molecule is C=CCOc1ccc(C=Nn2c(C)nc3sccc3c2=O)cc1OC. The van der Waals surface area contributed by atoms with E-state index in [1.54, 1.807) is 44.5 Å². The molecular formula is C18H17N3O3S. The van der Waals surface area contributed by atoms with Crippen LogP contribution in [0.1, 0.15) is 11.4 Å². The van der Waals surface area contributed by atoms with Crippen LogP contribution in [0.5, 0.6) is 11.5 Å². The van der Waals surface area contributed by atoms with Crippen LogP contribution < -0.4 is 15.0 Å². The van der Waals surface area contributed by atoms with E-state index in [2.05, 4.69) is 16.7 Å². The molecule has 0 unspecified atom stereocenters. The lowest BCUT2D eigenvalue weighted by molar-refractivity contribution is 0.326. The molecule has 0 aliphatic carbocycles. The summed E-state index contributed by atoms with van der Waals surface area (Å²) in [5.74, 6) is 1.74. The quantitative estimate of drug-likeness (QED) is 0.503. The molecule has 0 aliphatic heterocycles. The minimum absolute atomic E-state index is 0.182. The molecule has 7 heteroatoms. The van der Waals surface area contributed by atoms with Gasteiger partial charge in [0, 0.05) is 0 Å². The first-order valence-electron chi connectivity index (χ1n) is 7.57. The van der Waals surface area contributed by atoms with Gasteiger partial charge in [0.1, 0.15) is 17.3 Å². The Bertz CT molecular complexity index is 1000. The predicted octanol–water partition coefficient (Wildman–Crippen LogP) is 3.22. The fourth-order valence-corrected chi connectivity index (χ4v) is 3.10. The third-order valence-corrected chi connectivity index (χ3v) is 4.31. The van der Waals surface area contributed by atoms with Gasteiger partial charge >= 0.3 is 0 Å². The minimum atomic E-state index is -0.182. The van der Waals surface area contributed by atoms with Crippen molar-refractivity contribution in [2.45, 2.75) is 6.92 Å². The second-order valence-corrected chi connectivity index (χ2v) is 6.06. The van der Waals surface area contributed by atoms with Gasteiger partial charge < -0.3 is 9.47 Å². The Balaban J connectivity index is 1.94. The minimum Gasteiger partial charge on any atom is -0.493 e. The molecule has 0 N–H and O–H groups in total. The van der Waals surface area contributed by atoms with Crippen LogP contribution in [0, 0.1) is 6.92 Å². The van der Waals surface area contributed by atoms with E-state index in [0.29, 0.717) is 29.3 Å². The van der Waals surface area contributed by atoms with Crippen molar-refractivity contribution in [3.05, 3.63) is 64.0 Å². The molecule has 6 nitrogen and oxygen atoms in total. The van der Waals surface area contributed by atoms with Crippen molar-refractivity contribution >= 4 is 27.8 Å². The third kappa shape index (κ3) is 3.46. The van der Waals surface area contributed by atoms with Crippen LogP contribution in [0.2, 0.25) is 0 Å². The molecule has 0 spiro atoms. The van der Waals surface area contributed by atoms with Crippen molar-refractivity contribution in [3.63, 3.8) is 0 Å². The van der Waals surface area contributed by atoms with Gasteiger partial charge in [0.2, 0.25) is 0 Å². The molecule has 0 amide bonds. The van der Waals surface area contributed by atoms with Crippen LogP contribution >= 0.6 is 11.3 Å². The smallest absolute Gasteiger partial charge is 0.282 e. The van der Waals surface area contributed by atoms with Crippen LogP contribution in [0.4, 0.5) is 0 Å². The van der Waals surface area contributed by atoms with E-state index >= 15 is 0 Å². The van der Waals surface area contributed by atoms with Crippen molar-refractivity contribution in [1.29, 1.82) is 0 Å². The highest BCUT2D eigenvalue weighted by Crippen LogP contribution is 2.27. The van der Waals surface area contributed by atoms with E-state index < -0.39 is 0 Å². The Morgan fingerprint density at radius 1 is 1.36 bits per heavy atom. The highest BCUT2D eigenvalue weighted by Gasteiger charge is 2.08. The summed E-state index contributed by atoms with van der Waals surface area (Å²) in [6, 6.07) is 7.18. The standard InChI is InChI=1S/C18H17N3O3S/c1-4-8-24-15-6-5-13(10-16(15)23-3)11-19-21-12(2)20-17-14(18(21)22)7-9-25-17/h4-7,9-11H,1,8H2,2-3H3. The Labute approximate surface area is 148 Å². The van der Waals surface area contributed by atoms with Crippen LogP contribution in [-0.2, 0) is 0 Å². The molecule has 3 rings (SSSR count). The predicted molar refractivity (Wildman–Crippen MR) is 100 cm³/mol. The van der Waals surface area contributed by atoms with Gasteiger partial charge in [-0.3, -0.25) is 4.79 Å². The zero-order valence-electron chi connectivity index (χ0n) is 13.9. The maximum absolute atomic E-state index is 12.5. The number of fused-ring (bicyclic) bond motifs is 1. The molecule has 0 radical (unpaired) electrons. The molecule has 0 saturated heterocycles. The van der Waals surface area contributed by atoms with Gasteiger partial charge in [-0.1, -0.05) is 12.7 Å². The van der Waals surface area contributed by atoms with Gasteiger partial charge in [-0.05, 0) is 42.1 Å². The number of aromatic nitrogens is 2. The third-order valence-electron chi connectivity index (χ3n) is 3.50. The lowest BCUT2D eigenvalue weighted by Crippen LogP contribution is -2.19. The van der Waals surface area contributed by atoms with Crippen LogP contribution in [0.3, 0.4) is 0 Å². The van der Waals surface area contributed by atoms with Crippen LogP contribution in [0.15, 0.2) is 52.2 Å².